The summed E-state index contributed by atoms with van der Waals surface area (Å²) in [5.41, 5.74) is 0.446. The SMILES string of the molecule is CCn1c(SCC(=O)Nc2c(Cl)cccc2Cl)nnc1C1CCCCC1. The molecule has 8 heteroatoms. The second kappa shape index (κ2) is 9.11. The maximum atomic E-state index is 12.3. The Bertz CT molecular complexity index is 754. The summed E-state index contributed by atoms with van der Waals surface area (Å²) in [5.74, 6) is 1.60. The third-order valence-electron chi connectivity index (χ3n) is 4.59. The van der Waals surface area contributed by atoms with Crippen LogP contribution < -0.4 is 5.32 Å². The number of amides is 1. The van der Waals surface area contributed by atoms with Crippen LogP contribution in [-0.2, 0) is 11.3 Å². The number of nitrogens with one attached hydrogen (secondary N) is 1. The number of hydrogen-bond acceptors (Lipinski definition) is 4. The number of rotatable bonds is 6. The van der Waals surface area contributed by atoms with Gasteiger partial charge in [-0.15, -0.1) is 10.2 Å². The summed E-state index contributed by atoms with van der Waals surface area (Å²) < 4.78 is 2.14. The minimum absolute atomic E-state index is 0.171. The highest BCUT2D eigenvalue weighted by Crippen LogP contribution is 2.33. The Hall–Kier alpha value is -1.24. The normalized spacial score (nSPS) is 15.2. The van der Waals surface area contributed by atoms with Gasteiger partial charge in [-0.05, 0) is 31.9 Å². The third-order valence-corrected chi connectivity index (χ3v) is 6.19. The van der Waals surface area contributed by atoms with E-state index in [0.29, 0.717) is 21.7 Å². The zero-order chi connectivity index (χ0) is 18.5. The van der Waals surface area contributed by atoms with Crippen molar-refractivity contribution in [3.8, 4) is 0 Å². The summed E-state index contributed by atoms with van der Waals surface area (Å²) in [6, 6.07) is 5.13. The van der Waals surface area contributed by atoms with Crippen molar-refractivity contribution in [2.75, 3.05) is 11.1 Å². The highest BCUT2D eigenvalue weighted by molar-refractivity contribution is 7.99. The molecule has 1 aromatic carbocycles. The monoisotopic (exact) mass is 412 g/mol. The number of hydrogen-bond donors (Lipinski definition) is 1. The lowest BCUT2D eigenvalue weighted by atomic mass is 9.89. The van der Waals surface area contributed by atoms with Crippen molar-refractivity contribution in [3.05, 3.63) is 34.1 Å². The lowest BCUT2D eigenvalue weighted by Crippen LogP contribution is -2.16. The van der Waals surface area contributed by atoms with Crippen LogP contribution in [-0.4, -0.2) is 26.4 Å². The Morgan fingerprint density at radius 1 is 1.23 bits per heavy atom. The summed E-state index contributed by atoms with van der Waals surface area (Å²) in [4.78, 5) is 12.3. The first-order valence-corrected chi connectivity index (χ1v) is 10.6. The number of benzene rings is 1. The molecular weight excluding hydrogens is 391 g/mol. The molecule has 0 saturated heterocycles. The minimum atomic E-state index is -0.171. The van der Waals surface area contributed by atoms with Gasteiger partial charge >= 0.3 is 0 Å². The topological polar surface area (TPSA) is 59.8 Å². The lowest BCUT2D eigenvalue weighted by Gasteiger charge is -2.21. The van der Waals surface area contributed by atoms with Crippen molar-refractivity contribution >= 4 is 46.6 Å². The molecule has 0 radical (unpaired) electrons. The van der Waals surface area contributed by atoms with Crippen LogP contribution in [0.2, 0.25) is 10.0 Å². The molecule has 1 amide bonds. The van der Waals surface area contributed by atoms with Gasteiger partial charge in [-0.3, -0.25) is 4.79 Å². The first-order valence-electron chi connectivity index (χ1n) is 8.90. The molecule has 1 fully saturated rings. The van der Waals surface area contributed by atoms with E-state index < -0.39 is 0 Å². The highest BCUT2D eigenvalue weighted by atomic mass is 35.5. The van der Waals surface area contributed by atoms with Gasteiger partial charge in [0.2, 0.25) is 5.91 Å². The van der Waals surface area contributed by atoms with Crippen molar-refractivity contribution < 1.29 is 4.79 Å². The smallest absolute Gasteiger partial charge is 0.234 e. The fraction of sp³-hybridized carbons (Fsp3) is 0.500. The van der Waals surface area contributed by atoms with E-state index in [4.69, 9.17) is 23.2 Å². The molecule has 0 aliphatic heterocycles. The number of para-hydroxylation sites is 1. The predicted molar refractivity (Wildman–Crippen MR) is 107 cm³/mol. The third kappa shape index (κ3) is 4.53. The fourth-order valence-corrected chi connectivity index (χ4v) is 4.59. The Kier molecular flexibility index (Phi) is 6.84. The first-order chi connectivity index (χ1) is 12.6. The van der Waals surface area contributed by atoms with Crippen molar-refractivity contribution in [1.82, 2.24) is 14.8 Å². The Morgan fingerprint density at radius 3 is 2.58 bits per heavy atom. The molecule has 1 saturated carbocycles. The van der Waals surface area contributed by atoms with Crippen LogP contribution in [0.5, 0.6) is 0 Å². The molecule has 140 valence electrons. The molecular formula is C18H22Cl2N4OS. The molecule has 1 aliphatic carbocycles. The second-order valence-electron chi connectivity index (χ2n) is 6.35. The molecule has 1 heterocycles. The van der Waals surface area contributed by atoms with E-state index >= 15 is 0 Å². The maximum Gasteiger partial charge on any atom is 0.234 e. The van der Waals surface area contributed by atoms with Crippen molar-refractivity contribution in [1.29, 1.82) is 0 Å². The molecule has 26 heavy (non-hydrogen) atoms. The Morgan fingerprint density at radius 2 is 1.92 bits per heavy atom. The largest absolute Gasteiger partial charge is 0.323 e. The van der Waals surface area contributed by atoms with Crippen molar-refractivity contribution in [2.45, 2.75) is 56.6 Å². The van der Waals surface area contributed by atoms with Gasteiger partial charge in [-0.25, -0.2) is 0 Å². The number of thioether (sulfide) groups is 1. The molecule has 5 nitrogen and oxygen atoms in total. The average Bonchev–Trinajstić information content (AvgIpc) is 3.07. The van der Waals surface area contributed by atoms with E-state index in [0.717, 1.165) is 17.5 Å². The van der Waals surface area contributed by atoms with Gasteiger partial charge in [0.05, 0.1) is 21.5 Å². The van der Waals surface area contributed by atoms with Gasteiger partial charge in [0.25, 0.3) is 0 Å². The van der Waals surface area contributed by atoms with E-state index in [2.05, 4.69) is 27.0 Å². The summed E-state index contributed by atoms with van der Waals surface area (Å²) in [6.45, 7) is 2.89. The Labute approximate surface area is 167 Å². The van der Waals surface area contributed by atoms with Crippen molar-refractivity contribution in [2.24, 2.45) is 0 Å². The molecule has 3 rings (SSSR count). The highest BCUT2D eigenvalue weighted by Gasteiger charge is 2.23. The summed E-state index contributed by atoms with van der Waals surface area (Å²) in [7, 11) is 0. The molecule has 0 atom stereocenters. The molecule has 0 unspecified atom stereocenters. The molecule has 0 bridgehead atoms. The fourth-order valence-electron chi connectivity index (χ4n) is 3.29. The quantitative estimate of drug-likeness (QED) is 0.646. The average molecular weight is 413 g/mol. The maximum absolute atomic E-state index is 12.3. The van der Waals surface area contributed by atoms with E-state index in [-0.39, 0.29) is 11.7 Å². The minimum Gasteiger partial charge on any atom is -0.323 e. The van der Waals surface area contributed by atoms with Crippen LogP contribution in [0.4, 0.5) is 5.69 Å². The number of nitrogens with zero attached hydrogens (tertiary/aromatic N) is 3. The van der Waals surface area contributed by atoms with Crippen LogP contribution in [0.25, 0.3) is 0 Å². The zero-order valence-electron chi connectivity index (χ0n) is 14.7. The van der Waals surface area contributed by atoms with Crippen LogP contribution in [0.15, 0.2) is 23.4 Å². The van der Waals surface area contributed by atoms with E-state index in [1.807, 2.05) is 0 Å². The van der Waals surface area contributed by atoms with Crippen LogP contribution in [0.3, 0.4) is 0 Å². The standard InChI is InChI=1S/C18H22Cl2N4OS/c1-2-24-17(12-7-4-3-5-8-12)22-23-18(24)26-11-15(25)21-16-13(19)9-6-10-14(16)20/h6,9-10,12H,2-5,7-8,11H2,1H3,(H,21,25). The van der Waals surface area contributed by atoms with Gasteiger partial charge in [-0.1, -0.05) is 60.3 Å². The molecule has 0 spiro atoms. The van der Waals surface area contributed by atoms with Crippen LogP contribution in [0.1, 0.15) is 50.8 Å². The summed E-state index contributed by atoms with van der Waals surface area (Å²) >= 11 is 13.6. The van der Waals surface area contributed by atoms with Crippen LogP contribution in [0, 0.1) is 0 Å². The van der Waals surface area contributed by atoms with Crippen molar-refractivity contribution in [3.63, 3.8) is 0 Å². The second-order valence-corrected chi connectivity index (χ2v) is 8.11. The number of carbonyl (C=O) groups is 1. The van der Waals surface area contributed by atoms with E-state index in [1.165, 1.54) is 43.9 Å². The zero-order valence-corrected chi connectivity index (χ0v) is 17.0. The predicted octanol–water partition coefficient (Wildman–Crippen LogP) is 5.38. The molecule has 1 aliphatic rings. The van der Waals surface area contributed by atoms with Crippen LogP contribution >= 0.6 is 35.0 Å². The summed E-state index contributed by atoms with van der Waals surface area (Å²) in [6.07, 6.45) is 6.17. The van der Waals surface area contributed by atoms with Gasteiger partial charge < -0.3 is 9.88 Å². The first kappa shape index (κ1) is 19.5. The van der Waals surface area contributed by atoms with Gasteiger partial charge in [0.1, 0.15) is 5.82 Å². The number of carbonyl (C=O) groups excluding carboxylic acids is 1. The van der Waals surface area contributed by atoms with E-state index in [9.17, 15) is 4.79 Å². The molecule has 1 N–H and O–H groups in total. The lowest BCUT2D eigenvalue weighted by molar-refractivity contribution is -0.113. The molecule has 1 aromatic heterocycles. The Balaban J connectivity index is 1.64. The number of halogens is 2. The van der Waals surface area contributed by atoms with Gasteiger partial charge in [0, 0.05) is 12.5 Å². The van der Waals surface area contributed by atoms with Gasteiger partial charge in [-0.2, -0.15) is 0 Å². The number of aromatic nitrogens is 3. The number of anilines is 1. The van der Waals surface area contributed by atoms with Gasteiger partial charge in [0.15, 0.2) is 5.16 Å². The summed E-state index contributed by atoms with van der Waals surface area (Å²) in [5, 5.41) is 13.1. The van der Waals surface area contributed by atoms with E-state index in [1.54, 1.807) is 18.2 Å². The molecule has 2 aromatic rings.